The Morgan fingerprint density at radius 3 is 1.77 bits per heavy atom. The topological polar surface area (TPSA) is 40.1 Å². The maximum absolute atomic E-state index is 9.18. The second-order valence-electron chi connectivity index (χ2n) is 6.48. The van der Waals surface area contributed by atoms with Crippen LogP contribution in [-0.4, -0.2) is 31.5 Å². The number of rotatable bonds is 13. The zero-order valence-corrected chi connectivity index (χ0v) is 19.1. The van der Waals surface area contributed by atoms with Gasteiger partial charge in [0.25, 0.3) is 0 Å². The summed E-state index contributed by atoms with van der Waals surface area (Å²) in [6.07, 6.45) is 11.9. The molecule has 22 heavy (non-hydrogen) atoms. The van der Waals surface area contributed by atoms with Crippen LogP contribution in [0, 0.1) is 5.92 Å². The van der Waals surface area contributed by atoms with E-state index < -0.39 is 25.7 Å². The number of carbonyl (C=O) groups is 1. The molecule has 0 amide bonds. The Balaban J connectivity index is 0. The molecule has 0 spiro atoms. The number of hydrogen-bond acceptors (Lipinski definition) is 3. The number of carboxylic acid groups (broad SMARTS) is 1. The van der Waals surface area contributed by atoms with E-state index in [2.05, 4.69) is 40.3 Å². The van der Waals surface area contributed by atoms with Gasteiger partial charge in [0.15, 0.2) is 0 Å². The molecule has 0 aliphatic heterocycles. The van der Waals surface area contributed by atoms with Crippen molar-refractivity contribution >= 4 is 38.4 Å². The SMILES string of the molecule is CCC[CH2][Sn+]([CH2]CCC)[CH2]CCCCC(C)C.O=C([O-])CS. The van der Waals surface area contributed by atoms with Gasteiger partial charge in [0.2, 0.25) is 0 Å². The summed E-state index contributed by atoms with van der Waals surface area (Å²) in [5.74, 6) is -0.415. The van der Waals surface area contributed by atoms with Crippen LogP contribution >= 0.6 is 12.6 Å². The summed E-state index contributed by atoms with van der Waals surface area (Å²) >= 11 is 2.45. The molecule has 0 bridgehead atoms. The number of unbranched alkanes of at least 4 members (excludes halogenated alkanes) is 4. The molecule has 0 saturated heterocycles. The molecule has 0 heterocycles. The first kappa shape index (κ1) is 24.9. The van der Waals surface area contributed by atoms with Gasteiger partial charge in [-0.15, -0.1) is 0 Å². The van der Waals surface area contributed by atoms with Gasteiger partial charge in [0.1, 0.15) is 0 Å². The van der Waals surface area contributed by atoms with E-state index in [1.165, 1.54) is 44.9 Å². The first-order valence-corrected chi connectivity index (χ1v) is 15.8. The van der Waals surface area contributed by atoms with Crippen LogP contribution in [0.3, 0.4) is 0 Å². The third-order valence-corrected chi connectivity index (χ3v) is 13.0. The molecule has 0 fully saturated rings. The van der Waals surface area contributed by atoms with Crippen molar-refractivity contribution in [2.24, 2.45) is 5.92 Å². The van der Waals surface area contributed by atoms with E-state index in [-0.39, 0.29) is 5.75 Å². The minimum atomic E-state index is -1.13. The minimum Gasteiger partial charge on any atom is -0.549 e. The summed E-state index contributed by atoms with van der Waals surface area (Å²) in [6.45, 7) is 9.40. The van der Waals surface area contributed by atoms with Crippen molar-refractivity contribution in [1.29, 1.82) is 0 Å². The van der Waals surface area contributed by atoms with E-state index in [9.17, 15) is 9.90 Å². The number of carboxylic acids is 1. The molecule has 0 unspecified atom stereocenters. The van der Waals surface area contributed by atoms with Crippen molar-refractivity contribution < 1.29 is 9.90 Å². The van der Waals surface area contributed by atoms with Gasteiger partial charge < -0.3 is 9.90 Å². The zero-order chi connectivity index (χ0) is 17.2. The fraction of sp³-hybridized carbons (Fsp3) is 0.944. The molecular weight excluding hydrogens is 399 g/mol. The molecule has 0 aromatic heterocycles. The monoisotopic (exact) mass is 438 g/mol. The van der Waals surface area contributed by atoms with Gasteiger partial charge in [0.05, 0.1) is 5.97 Å². The molecule has 0 rings (SSSR count). The zero-order valence-electron chi connectivity index (χ0n) is 15.3. The standard InChI is InChI=1S/C8H17.2C4H9.C2H4O2S.Sn/c1-4-5-6-7-8(2)3;2*1-3-4-2;3-2(4)1-5;/h8H,1,4-7H2,2-3H3;2*1,3-4H2,2H3;5H,1H2,(H,3,4);/q;;;;+1/p-1. The van der Waals surface area contributed by atoms with Crippen molar-refractivity contribution in [2.45, 2.75) is 92.4 Å². The predicted octanol–water partition coefficient (Wildman–Crippen LogP) is 4.96. The molecule has 2 nitrogen and oxygen atoms in total. The van der Waals surface area contributed by atoms with Crippen molar-refractivity contribution in [3.8, 4) is 0 Å². The summed E-state index contributed by atoms with van der Waals surface area (Å²) in [7, 11) is 0. The van der Waals surface area contributed by atoms with Crippen LogP contribution < -0.4 is 5.11 Å². The number of carbonyl (C=O) groups excluding carboxylic acids is 1. The van der Waals surface area contributed by atoms with E-state index >= 15 is 0 Å². The van der Waals surface area contributed by atoms with Gasteiger partial charge in [-0.05, 0) is 0 Å². The molecule has 132 valence electrons. The molecule has 0 aromatic rings. The van der Waals surface area contributed by atoms with Crippen molar-refractivity contribution in [2.75, 3.05) is 5.75 Å². The second kappa shape index (κ2) is 19.7. The van der Waals surface area contributed by atoms with Crippen molar-refractivity contribution in [3.05, 3.63) is 0 Å². The molecule has 0 aliphatic rings. The quantitative estimate of drug-likeness (QED) is 0.251. The maximum atomic E-state index is 9.18. The summed E-state index contributed by atoms with van der Waals surface area (Å²) in [5.41, 5.74) is 0. The Hall–Kier alpha value is 0.619. The fourth-order valence-electron chi connectivity index (χ4n) is 2.33. The maximum Gasteiger partial charge on any atom is 0.0510 e. The molecule has 0 atom stereocenters. The largest absolute Gasteiger partial charge is 0.549 e. The Bertz CT molecular complexity index is 227. The van der Waals surface area contributed by atoms with E-state index in [1.807, 2.05) is 0 Å². The van der Waals surface area contributed by atoms with Crippen LogP contribution in [0.25, 0.3) is 0 Å². The van der Waals surface area contributed by atoms with Gasteiger partial charge in [-0.25, -0.2) is 0 Å². The Morgan fingerprint density at radius 2 is 1.41 bits per heavy atom. The number of hydrogen-bond donors (Lipinski definition) is 1. The molecule has 0 radical (unpaired) electrons. The van der Waals surface area contributed by atoms with E-state index in [0.717, 1.165) is 5.92 Å². The first-order valence-electron chi connectivity index (χ1n) is 9.12. The summed E-state index contributed by atoms with van der Waals surface area (Å²) < 4.78 is 5.06. The third kappa shape index (κ3) is 22.9. The normalized spacial score (nSPS) is 10.3. The number of aliphatic carboxylic acids is 1. The van der Waals surface area contributed by atoms with Crippen LogP contribution in [0.2, 0.25) is 13.3 Å². The van der Waals surface area contributed by atoms with Gasteiger partial charge in [0, 0.05) is 5.75 Å². The van der Waals surface area contributed by atoms with Crippen LogP contribution in [0.4, 0.5) is 0 Å². The van der Waals surface area contributed by atoms with Gasteiger partial charge in [-0.2, -0.15) is 12.6 Å². The van der Waals surface area contributed by atoms with Gasteiger partial charge >= 0.3 is 118 Å². The second-order valence-corrected chi connectivity index (χ2v) is 15.4. The third-order valence-electron chi connectivity index (χ3n) is 3.71. The molecule has 0 aliphatic carbocycles. The van der Waals surface area contributed by atoms with Crippen molar-refractivity contribution in [1.82, 2.24) is 0 Å². The molecule has 0 N–H and O–H groups in total. The summed E-state index contributed by atoms with van der Waals surface area (Å²) in [5, 5.41) is 9.18. The molecule has 0 saturated carbocycles. The average Bonchev–Trinajstić information content (AvgIpc) is 2.49. The van der Waals surface area contributed by atoms with Crippen molar-refractivity contribution in [3.63, 3.8) is 0 Å². The minimum absolute atomic E-state index is 0.194. The molecule has 4 heteroatoms. The summed E-state index contributed by atoms with van der Waals surface area (Å²) in [4.78, 5) is 9.18. The van der Waals surface area contributed by atoms with Crippen LogP contribution in [-0.2, 0) is 4.79 Å². The smallest absolute Gasteiger partial charge is 0.0510 e. The average molecular weight is 437 g/mol. The van der Waals surface area contributed by atoms with Gasteiger partial charge in [-0.1, -0.05) is 0 Å². The Labute approximate surface area is 152 Å². The van der Waals surface area contributed by atoms with E-state index in [1.54, 1.807) is 19.7 Å². The summed E-state index contributed by atoms with van der Waals surface area (Å²) in [6, 6.07) is 0. The first-order chi connectivity index (χ1) is 10.5. The van der Waals surface area contributed by atoms with Crippen LogP contribution in [0.1, 0.15) is 79.1 Å². The van der Waals surface area contributed by atoms with Crippen LogP contribution in [0.5, 0.6) is 0 Å². The van der Waals surface area contributed by atoms with E-state index in [4.69, 9.17) is 0 Å². The van der Waals surface area contributed by atoms with E-state index in [0.29, 0.717) is 0 Å². The molecule has 0 aromatic carbocycles. The number of thiol groups is 1. The van der Waals surface area contributed by atoms with Crippen LogP contribution in [0.15, 0.2) is 0 Å². The van der Waals surface area contributed by atoms with Gasteiger partial charge in [-0.3, -0.25) is 0 Å². The molecular formula is C18H38O2SSn. The predicted molar refractivity (Wildman–Crippen MR) is 102 cm³/mol. The Morgan fingerprint density at radius 1 is 0.955 bits per heavy atom. The Kier molecular flexibility index (Phi) is 22.2. The fourth-order valence-corrected chi connectivity index (χ4v) is 11.5.